The molecule has 7 nitrogen and oxygen atoms in total. The van der Waals surface area contributed by atoms with Gasteiger partial charge < -0.3 is 10.2 Å². The molecular formula is C18H25N5O2. The van der Waals surface area contributed by atoms with Gasteiger partial charge in [0.1, 0.15) is 12.7 Å². The van der Waals surface area contributed by atoms with Crippen LogP contribution in [-0.4, -0.2) is 47.0 Å². The summed E-state index contributed by atoms with van der Waals surface area (Å²) in [6.45, 7) is 1.24. The largest absolute Gasteiger partial charge is 0.350 e. The molecule has 2 amide bonds. The Hall–Kier alpha value is -1.96. The fraction of sp³-hybridized carbons (Fsp3) is 0.556. The molecule has 0 bridgehead atoms. The highest BCUT2D eigenvalue weighted by molar-refractivity contribution is 5.87. The highest BCUT2D eigenvalue weighted by Crippen LogP contribution is 2.35. The SMILES string of the molecule is O=C(CN1C(=O)C2CCCCC2N2NNCC12)NCc1ccccc1. The maximum absolute atomic E-state index is 13.0. The summed E-state index contributed by atoms with van der Waals surface area (Å²) >= 11 is 0. The third-order valence-electron chi connectivity index (χ3n) is 5.51. The average Bonchev–Trinajstić information content (AvgIpc) is 3.14. The zero-order chi connectivity index (χ0) is 17.2. The lowest BCUT2D eigenvalue weighted by atomic mass is 9.81. The van der Waals surface area contributed by atoms with Gasteiger partial charge in [-0.3, -0.25) is 9.59 Å². The molecule has 2 heterocycles. The molecule has 3 N–H and O–H groups in total. The molecule has 3 aliphatic rings. The first-order chi connectivity index (χ1) is 12.2. The van der Waals surface area contributed by atoms with Gasteiger partial charge in [-0.1, -0.05) is 43.2 Å². The summed E-state index contributed by atoms with van der Waals surface area (Å²) < 4.78 is 0. The number of hydrazine groups is 2. The molecule has 1 aromatic rings. The standard InChI is InChI=1S/C18H25N5O2/c24-16(19-10-13-6-2-1-3-7-13)12-22-17-11-20-21-23(17)15-9-5-4-8-14(15)18(22)25/h1-3,6-7,14-15,17,20-21H,4-5,8-12H2,(H,19,24). The van der Waals surface area contributed by atoms with E-state index in [-0.39, 0.29) is 36.5 Å². The van der Waals surface area contributed by atoms with Gasteiger partial charge in [0.05, 0.1) is 5.92 Å². The summed E-state index contributed by atoms with van der Waals surface area (Å²) in [6, 6.07) is 10.0. The molecule has 3 atom stereocenters. The van der Waals surface area contributed by atoms with E-state index in [1.165, 1.54) is 0 Å². The fourth-order valence-corrected chi connectivity index (χ4v) is 4.25. The van der Waals surface area contributed by atoms with Crippen LogP contribution in [0.2, 0.25) is 0 Å². The average molecular weight is 343 g/mol. The van der Waals surface area contributed by atoms with E-state index in [0.29, 0.717) is 13.1 Å². The van der Waals surface area contributed by atoms with E-state index in [4.69, 9.17) is 0 Å². The third kappa shape index (κ3) is 3.27. The maximum atomic E-state index is 13.0. The van der Waals surface area contributed by atoms with Crippen LogP contribution in [0.1, 0.15) is 31.2 Å². The second-order valence-electron chi connectivity index (χ2n) is 7.07. The van der Waals surface area contributed by atoms with Gasteiger partial charge in [0.25, 0.3) is 0 Å². The number of fused-ring (bicyclic) bond motifs is 3. The number of carbonyl (C=O) groups excluding carboxylic acids is 2. The van der Waals surface area contributed by atoms with E-state index < -0.39 is 0 Å². The molecular weight excluding hydrogens is 318 g/mol. The van der Waals surface area contributed by atoms with Crippen molar-refractivity contribution in [1.82, 2.24) is 26.2 Å². The molecule has 3 fully saturated rings. The van der Waals surface area contributed by atoms with Gasteiger partial charge in [-0.15, -0.1) is 0 Å². The molecule has 1 aromatic carbocycles. The minimum atomic E-state index is -0.113. The molecule has 7 heteroatoms. The summed E-state index contributed by atoms with van der Waals surface area (Å²) in [6.07, 6.45) is 4.12. The smallest absolute Gasteiger partial charge is 0.239 e. The second kappa shape index (κ2) is 7.11. The highest BCUT2D eigenvalue weighted by atomic mass is 16.2. The first-order valence-corrected chi connectivity index (χ1v) is 9.12. The normalized spacial score (nSPS) is 29.2. The first kappa shape index (κ1) is 16.5. The molecule has 1 aliphatic carbocycles. The Bertz CT molecular complexity index is 638. The quantitative estimate of drug-likeness (QED) is 0.736. The molecule has 0 spiro atoms. The van der Waals surface area contributed by atoms with Crippen molar-refractivity contribution in [2.75, 3.05) is 13.1 Å². The third-order valence-corrected chi connectivity index (χ3v) is 5.51. The number of rotatable bonds is 4. The fourth-order valence-electron chi connectivity index (χ4n) is 4.25. The summed E-state index contributed by atoms with van der Waals surface area (Å²) in [7, 11) is 0. The summed E-state index contributed by atoms with van der Waals surface area (Å²) in [5.74, 6) is 0.0175. The van der Waals surface area contributed by atoms with Crippen LogP contribution in [-0.2, 0) is 16.1 Å². The van der Waals surface area contributed by atoms with Crippen LogP contribution in [0.25, 0.3) is 0 Å². The van der Waals surface area contributed by atoms with Crippen molar-refractivity contribution in [3.63, 3.8) is 0 Å². The monoisotopic (exact) mass is 343 g/mol. The molecule has 0 aromatic heterocycles. The van der Waals surface area contributed by atoms with Crippen molar-refractivity contribution in [3.8, 4) is 0 Å². The number of nitrogens with zero attached hydrogens (tertiary/aromatic N) is 2. The van der Waals surface area contributed by atoms with Gasteiger partial charge in [0.2, 0.25) is 11.8 Å². The predicted molar refractivity (Wildman–Crippen MR) is 92.5 cm³/mol. The topological polar surface area (TPSA) is 76.7 Å². The lowest BCUT2D eigenvalue weighted by molar-refractivity contribution is -0.162. The zero-order valence-corrected chi connectivity index (χ0v) is 14.3. The Morgan fingerprint density at radius 2 is 2.00 bits per heavy atom. The van der Waals surface area contributed by atoms with Crippen LogP contribution in [0.15, 0.2) is 30.3 Å². The molecule has 2 saturated heterocycles. The Morgan fingerprint density at radius 3 is 2.84 bits per heavy atom. The van der Waals surface area contributed by atoms with Crippen LogP contribution in [0.5, 0.6) is 0 Å². The number of hydrogen-bond donors (Lipinski definition) is 3. The van der Waals surface area contributed by atoms with E-state index in [1.54, 1.807) is 4.90 Å². The first-order valence-electron chi connectivity index (χ1n) is 9.12. The van der Waals surface area contributed by atoms with Crippen LogP contribution >= 0.6 is 0 Å². The number of nitrogens with one attached hydrogen (secondary N) is 3. The zero-order valence-electron chi connectivity index (χ0n) is 14.3. The van der Waals surface area contributed by atoms with Gasteiger partial charge in [-0.05, 0) is 18.4 Å². The predicted octanol–water partition coefficient (Wildman–Crippen LogP) is 0.355. The number of hydrogen-bond acceptors (Lipinski definition) is 5. The molecule has 2 aliphatic heterocycles. The van der Waals surface area contributed by atoms with E-state index in [1.807, 2.05) is 30.3 Å². The van der Waals surface area contributed by atoms with Crippen LogP contribution in [0, 0.1) is 5.92 Å². The molecule has 4 rings (SSSR count). The second-order valence-corrected chi connectivity index (χ2v) is 7.07. The maximum Gasteiger partial charge on any atom is 0.239 e. The molecule has 25 heavy (non-hydrogen) atoms. The van der Waals surface area contributed by atoms with Crippen molar-refractivity contribution in [2.45, 2.75) is 44.4 Å². The van der Waals surface area contributed by atoms with Gasteiger partial charge >= 0.3 is 0 Å². The van der Waals surface area contributed by atoms with Crippen LogP contribution in [0.4, 0.5) is 0 Å². The Kier molecular flexibility index (Phi) is 4.70. The molecule has 0 radical (unpaired) electrons. The Morgan fingerprint density at radius 1 is 1.20 bits per heavy atom. The van der Waals surface area contributed by atoms with Crippen molar-refractivity contribution in [3.05, 3.63) is 35.9 Å². The van der Waals surface area contributed by atoms with Crippen molar-refractivity contribution < 1.29 is 9.59 Å². The lowest BCUT2D eigenvalue weighted by Crippen LogP contribution is -2.66. The van der Waals surface area contributed by atoms with Gasteiger partial charge in [-0.25, -0.2) is 10.4 Å². The number of benzene rings is 1. The van der Waals surface area contributed by atoms with Gasteiger partial charge in [-0.2, -0.15) is 5.53 Å². The van der Waals surface area contributed by atoms with Gasteiger partial charge in [0.15, 0.2) is 0 Å². The summed E-state index contributed by atoms with van der Waals surface area (Å²) in [4.78, 5) is 27.1. The van der Waals surface area contributed by atoms with E-state index in [9.17, 15) is 9.59 Å². The summed E-state index contributed by atoms with van der Waals surface area (Å²) in [5, 5.41) is 5.08. The van der Waals surface area contributed by atoms with Crippen molar-refractivity contribution in [1.29, 1.82) is 0 Å². The molecule has 1 saturated carbocycles. The molecule has 134 valence electrons. The number of carbonyl (C=O) groups is 2. The van der Waals surface area contributed by atoms with Crippen LogP contribution in [0.3, 0.4) is 0 Å². The minimum absolute atomic E-state index is 0.000627. The van der Waals surface area contributed by atoms with Crippen molar-refractivity contribution >= 4 is 11.8 Å². The Labute approximate surface area is 147 Å². The highest BCUT2D eigenvalue weighted by Gasteiger charge is 2.49. The van der Waals surface area contributed by atoms with E-state index in [2.05, 4.69) is 21.3 Å². The number of amides is 2. The Balaban J connectivity index is 1.41. The molecule has 3 unspecified atom stereocenters. The van der Waals surface area contributed by atoms with Gasteiger partial charge in [0, 0.05) is 19.1 Å². The lowest BCUT2D eigenvalue weighted by Gasteiger charge is -2.48. The summed E-state index contributed by atoms with van der Waals surface area (Å²) in [5.41, 5.74) is 7.38. The van der Waals surface area contributed by atoms with E-state index in [0.717, 1.165) is 31.2 Å². The van der Waals surface area contributed by atoms with E-state index >= 15 is 0 Å². The minimum Gasteiger partial charge on any atom is -0.350 e. The van der Waals surface area contributed by atoms with Crippen molar-refractivity contribution in [2.24, 2.45) is 5.92 Å². The van der Waals surface area contributed by atoms with Crippen LogP contribution < -0.4 is 16.3 Å².